The van der Waals surface area contributed by atoms with E-state index in [9.17, 15) is 4.79 Å². The van der Waals surface area contributed by atoms with Gasteiger partial charge in [0.05, 0.1) is 34.1 Å². The fourth-order valence-electron chi connectivity index (χ4n) is 5.13. The maximum absolute atomic E-state index is 12.8. The molecule has 0 bridgehead atoms. The Morgan fingerprint density at radius 1 is 0.844 bits per heavy atom. The van der Waals surface area contributed by atoms with Gasteiger partial charge in [-0.25, -0.2) is 9.97 Å². The fraction of sp³-hybridized carbons (Fsp3) is 0.294. The highest BCUT2D eigenvalue weighted by molar-refractivity contribution is 5.95. The summed E-state index contributed by atoms with van der Waals surface area (Å²) in [6.07, 6.45) is 2.41. The number of ether oxygens (including phenoxy) is 4. The van der Waals surface area contributed by atoms with Crippen LogP contribution in [0.3, 0.4) is 0 Å². The number of hydrogen-bond acceptors (Lipinski definition) is 9. The van der Waals surface area contributed by atoms with Crippen molar-refractivity contribution in [2.24, 2.45) is 7.05 Å². The molecule has 0 aliphatic carbocycles. The first kappa shape index (κ1) is 31.1. The molecule has 11 heteroatoms. The predicted octanol–water partition coefficient (Wildman–Crippen LogP) is 5.73. The average molecular weight is 611 g/mol. The summed E-state index contributed by atoms with van der Waals surface area (Å²) < 4.78 is 23.7. The molecular formula is C34H38N6O5. The minimum absolute atomic E-state index is 0.139. The van der Waals surface area contributed by atoms with E-state index in [1.165, 1.54) is 0 Å². The van der Waals surface area contributed by atoms with Crippen molar-refractivity contribution in [3.63, 3.8) is 0 Å². The third-order valence-corrected chi connectivity index (χ3v) is 7.43. The zero-order chi connectivity index (χ0) is 31.9. The summed E-state index contributed by atoms with van der Waals surface area (Å²) in [7, 11) is 8.23. The highest BCUT2D eigenvalue weighted by Gasteiger charge is 2.21. The van der Waals surface area contributed by atoms with Crippen LogP contribution in [-0.2, 0) is 19.9 Å². The Kier molecular flexibility index (Phi) is 9.67. The molecule has 0 saturated carbocycles. The molecule has 2 N–H and O–H groups in total. The number of fused-ring (bicyclic) bond motifs is 1. The van der Waals surface area contributed by atoms with E-state index in [0.717, 1.165) is 53.0 Å². The third kappa shape index (κ3) is 6.77. The van der Waals surface area contributed by atoms with Crippen LogP contribution in [0.5, 0.6) is 23.0 Å². The number of benzene rings is 3. The van der Waals surface area contributed by atoms with Gasteiger partial charge in [-0.05, 0) is 66.9 Å². The van der Waals surface area contributed by atoms with Crippen LogP contribution in [0, 0.1) is 0 Å². The normalized spacial score (nSPS) is 10.9. The van der Waals surface area contributed by atoms with Crippen molar-refractivity contribution in [2.75, 3.05) is 40.3 Å². The van der Waals surface area contributed by atoms with Gasteiger partial charge in [0.1, 0.15) is 16.8 Å². The monoisotopic (exact) mass is 610 g/mol. The lowest BCUT2D eigenvalue weighted by atomic mass is 10.1. The van der Waals surface area contributed by atoms with Gasteiger partial charge in [-0.3, -0.25) is 9.48 Å². The number of carbonyl (C=O) groups excluding carboxylic acids is 1. The number of amides is 1. The van der Waals surface area contributed by atoms with E-state index in [0.29, 0.717) is 46.6 Å². The number of rotatable bonds is 13. The molecule has 0 aliphatic rings. The Morgan fingerprint density at radius 2 is 1.53 bits per heavy atom. The molecule has 234 valence electrons. The van der Waals surface area contributed by atoms with Crippen molar-refractivity contribution in [2.45, 2.75) is 26.2 Å². The van der Waals surface area contributed by atoms with E-state index < -0.39 is 0 Å². The maximum atomic E-state index is 12.8. The molecule has 0 fully saturated rings. The van der Waals surface area contributed by atoms with Gasteiger partial charge in [0, 0.05) is 30.4 Å². The Bertz CT molecular complexity index is 1760. The zero-order valence-electron chi connectivity index (χ0n) is 26.4. The standard InChI is InChI=1S/C34H38N6O5/c1-7-8-26-29-30(40(2)39-26)33(38-32(37-29)23-19-27(43-4)31(45-6)28(20-23)44-5)36-24-13-11-22(12-14-24)34(41)35-18-17-21-9-15-25(42-3)16-10-21/h9-16,19-20H,7-8,17-18H2,1-6H3,(H,35,41)(H,36,37,38). The number of nitrogens with one attached hydrogen (secondary N) is 2. The van der Waals surface area contributed by atoms with Crippen LogP contribution >= 0.6 is 0 Å². The summed E-state index contributed by atoms with van der Waals surface area (Å²) in [5.41, 5.74) is 5.56. The highest BCUT2D eigenvalue weighted by Crippen LogP contribution is 2.41. The quantitative estimate of drug-likeness (QED) is 0.172. The number of methoxy groups -OCH3 is 4. The van der Waals surface area contributed by atoms with Gasteiger partial charge in [0.15, 0.2) is 23.1 Å². The smallest absolute Gasteiger partial charge is 0.251 e. The lowest BCUT2D eigenvalue weighted by Gasteiger charge is -2.15. The van der Waals surface area contributed by atoms with Crippen molar-refractivity contribution < 1.29 is 23.7 Å². The third-order valence-electron chi connectivity index (χ3n) is 7.43. The molecule has 5 aromatic rings. The molecule has 0 spiro atoms. The Hall–Kier alpha value is -5.32. The average Bonchev–Trinajstić information content (AvgIpc) is 3.39. The number of carbonyl (C=O) groups is 1. The largest absolute Gasteiger partial charge is 0.497 e. The second-order valence-electron chi connectivity index (χ2n) is 10.4. The van der Waals surface area contributed by atoms with Crippen LogP contribution in [0.25, 0.3) is 22.4 Å². The molecule has 45 heavy (non-hydrogen) atoms. The van der Waals surface area contributed by atoms with Crippen molar-refractivity contribution in [1.29, 1.82) is 0 Å². The molecule has 0 aliphatic heterocycles. The molecule has 0 unspecified atom stereocenters. The van der Waals surface area contributed by atoms with E-state index in [1.54, 1.807) is 45.3 Å². The molecule has 2 heterocycles. The van der Waals surface area contributed by atoms with E-state index in [2.05, 4.69) is 17.6 Å². The van der Waals surface area contributed by atoms with Crippen LogP contribution in [-0.4, -0.2) is 60.6 Å². The summed E-state index contributed by atoms with van der Waals surface area (Å²) >= 11 is 0. The molecule has 0 saturated heterocycles. The SMILES string of the molecule is CCCc1nn(C)c2c(Nc3ccc(C(=O)NCCc4ccc(OC)cc4)cc3)nc(-c3cc(OC)c(OC)c(OC)c3)nc12. The zero-order valence-corrected chi connectivity index (χ0v) is 26.4. The van der Waals surface area contributed by atoms with Gasteiger partial charge in [0.25, 0.3) is 5.91 Å². The van der Waals surface area contributed by atoms with E-state index in [1.807, 2.05) is 55.6 Å². The van der Waals surface area contributed by atoms with Crippen LogP contribution in [0.2, 0.25) is 0 Å². The highest BCUT2D eigenvalue weighted by atomic mass is 16.5. The van der Waals surface area contributed by atoms with E-state index >= 15 is 0 Å². The van der Waals surface area contributed by atoms with Crippen LogP contribution in [0.4, 0.5) is 11.5 Å². The van der Waals surface area contributed by atoms with Gasteiger partial charge in [0.2, 0.25) is 5.75 Å². The molecular weight excluding hydrogens is 572 g/mol. The maximum Gasteiger partial charge on any atom is 0.251 e. The first-order valence-corrected chi connectivity index (χ1v) is 14.7. The number of nitrogens with zero attached hydrogens (tertiary/aromatic N) is 4. The number of aryl methyl sites for hydroxylation is 2. The van der Waals surface area contributed by atoms with Crippen molar-refractivity contribution >= 4 is 28.4 Å². The molecule has 2 aromatic heterocycles. The van der Waals surface area contributed by atoms with Gasteiger partial charge in [-0.2, -0.15) is 5.10 Å². The summed E-state index contributed by atoms with van der Waals surface area (Å²) in [6, 6.07) is 18.8. The van der Waals surface area contributed by atoms with Gasteiger partial charge >= 0.3 is 0 Å². The topological polar surface area (TPSA) is 122 Å². The molecule has 0 atom stereocenters. The van der Waals surface area contributed by atoms with Gasteiger partial charge < -0.3 is 29.6 Å². The minimum Gasteiger partial charge on any atom is -0.497 e. The number of hydrogen-bond donors (Lipinski definition) is 2. The van der Waals surface area contributed by atoms with Crippen LogP contribution in [0.15, 0.2) is 60.7 Å². The van der Waals surface area contributed by atoms with Gasteiger partial charge in [-0.15, -0.1) is 0 Å². The summed E-state index contributed by atoms with van der Waals surface area (Å²) in [5.74, 6) is 3.22. The first-order valence-electron chi connectivity index (χ1n) is 14.7. The minimum atomic E-state index is -0.139. The first-order chi connectivity index (χ1) is 21.9. The summed E-state index contributed by atoms with van der Waals surface area (Å²) in [6.45, 7) is 2.63. The molecule has 1 amide bonds. The summed E-state index contributed by atoms with van der Waals surface area (Å²) in [5, 5.41) is 11.2. The van der Waals surface area contributed by atoms with E-state index in [-0.39, 0.29) is 5.91 Å². The Labute approximate surface area is 262 Å². The number of aromatic nitrogens is 4. The lowest BCUT2D eigenvalue weighted by molar-refractivity contribution is 0.0954. The Balaban J connectivity index is 1.41. The fourth-order valence-corrected chi connectivity index (χ4v) is 5.13. The predicted molar refractivity (Wildman–Crippen MR) is 174 cm³/mol. The van der Waals surface area contributed by atoms with Crippen molar-refractivity contribution in [3.05, 3.63) is 77.5 Å². The van der Waals surface area contributed by atoms with Crippen LogP contribution < -0.4 is 29.6 Å². The summed E-state index contributed by atoms with van der Waals surface area (Å²) in [4.78, 5) is 22.7. The van der Waals surface area contributed by atoms with E-state index in [4.69, 9.17) is 34.0 Å². The van der Waals surface area contributed by atoms with Gasteiger partial charge in [-0.1, -0.05) is 25.5 Å². The lowest BCUT2D eigenvalue weighted by Crippen LogP contribution is -2.25. The second kappa shape index (κ2) is 14.0. The molecule has 5 rings (SSSR count). The Morgan fingerprint density at radius 3 is 2.13 bits per heavy atom. The molecule has 3 aromatic carbocycles. The second-order valence-corrected chi connectivity index (χ2v) is 10.4. The number of anilines is 2. The van der Waals surface area contributed by atoms with Crippen molar-refractivity contribution in [1.82, 2.24) is 25.1 Å². The van der Waals surface area contributed by atoms with Crippen LogP contribution in [0.1, 0.15) is 35.0 Å². The van der Waals surface area contributed by atoms with Crippen molar-refractivity contribution in [3.8, 4) is 34.4 Å². The molecule has 0 radical (unpaired) electrons. The molecule has 11 nitrogen and oxygen atoms in total.